The van der Waals surface area contributed by atoms with Crippen molar-refractivity contribution < 1.29 is 9.53 Å². The third-order valence-electron chi connectivity index (χ3n) is 5.24. The van der Waals surface area contributed by atoms with Crippen molar-refractivity contribution in [3.05, 3.63) is 18.5 Å². The van der Waals surface area contributed by atoms with Crippen molar-refractivity contribution in [3.8, 4) is 0 Å². The molecule has 1 N–H and O–H groups in total. The minimum absolute atomic E-state index is 0.112. The molecular weight excluding hydrogens is 318 g/mol. The van der Waals surface area contributed by atoms with Gasteiger partial charge in [-0.2, -0.15) is 0 Å². The lowest BCUT2D eigenvalue weighted by atomic mass is 9.93. The molecule has 0 spiro atoms. The summed E-state index contributed by atoms with van der Waals surface area (Å²) in [4.78, 5) is 25.8. The molecule has 0 radical (unpaired) electrons. The Morgan fingerprint density at radius 1 is 1.24 bits per heavy atom. The van der Waals surface area contributed by atoms with Crippen LogP contribution in [0.4, 0.5) is 5.95 Å². The lowest BCUT2D eigenvalue weighted by Gasteiger charge is -2.42. The SMILES string of the molecule is COCCNC(=O)[C@@H]1CCCN(C2CCN(c3ncccn3)CC2)C1. The van der Waals surface area contributed by atoms with E-state index in [2.05, 4.69) is 25.1 Å². The first-order chi connectivity index (χ1) is 12.3. The van der Waals surface area contributed by atoms with Gasteiger partial charge < -0.3 is 15.0 Å². The molecule has 2 fully saturated rings. The number of ether oxygens (including phenoxy) is 1. The van der Waals surface area contributed by atoms with Gasteiger partial charge in [0.15, 0.2) is 0 Å². The fraction of sp³-hybridized carbons (Fsp3) is 0.722. The summed E-state index contributed by atoms with van der Waals surface area (Å²) in [5, 5.41) is 2.99. The Hall–Kier alpha value is -1.73. The molecule has 1 atom stereocenters. The van der Waals surface area contributed by atoms with Gasteiger partial charge in [0.1, 0.15) is 0 Å². The van der Waals surface area contributed by atoms with Crippen LogP contribution in [0.1, 0.15) is 25.7 Å². The zero-order chi connectivity index (χ0) is 17.5. The first-order valence-corrected chi connectivity index (χ1v) is 9.30. The third-order valence-corrected chi connectivity index (χ3v) is 5.24. The quantitative estimate of drug-likeness (QED) is 0.772. The number of carbonyl (C=O) groups excluding carboxylic acids is 1. The molecule has 0 unspecified atom stereocenters. The maximum atomic E-state index is 12.3. The number of hydrogen-bond acceptors (Lipinski definition) is 6. The summed E-state index contributed by atoms with van der Waals surface area (Å²) < 4.78 is 5.00. The van der Waals surface area contributed by atoms with Crippen LogP contribution in [0.15, 0.2) is 18.5 Å². The van der Waals surface area contributed by atoms with Crippen LogP contribution in [0, 0.1) is 5.92 Å². The van der Waals surface area contributed by atoms with Crippen LogP contribution < -0.4 is 10.2 Å². The molecule has 3 heterocycles. The second-order valence-electron chi connectivity index (χ2n) is 6.88. The van der Waals surface area contributed by atoms with E-state index in [0.717, 1.165) is 57.8 Å². The third kappa shape index (κ3) is 4.89. The average molecular weight is 347 g/mol. The first-order valence-electron chi connectivity index (χ1n) is 9.30. The average Bonchev–Trinajstić information content (AvgIpc) is 2.69. The van der Waals surface area contributed by atoms with E-state index in [1.165, 1.54) is 0 Å². The Morgan fingerprint density at radius 2 is 2.00 bits per heavy atom. The number of nitrogens with one attached hydrogen (secondary N) is 1. The molecule has 7 heteroatoms. The summed E-state index contributed by atoms with van der Waals surface area (Å²) in [6.07, 6.45) is 7.90. The number of aromatic nitrogens is 2. The molecule has 2 aliphatic rings. The smallest absolute Gasteiger partial charge is 0.225 e. The fourth-order valence-electron chi connectivity index (χ4n) is 3.86. The van der Waals surface area contributed by atoms with E-state index in [4.69, 9.17) is 4.74 Å². The van der Waals surface area contributed by atoms with E-state index in [1.54, 1.807) is 19.5 Å². The molecule has 2 aliphatic heterocycles. The summed E-state index contributed by atoms with van der Waals surface area (Å²) in [5.74, 6) is 1.12. The van der Waals surface area contributed by atoms with Crippen LogP contribution in [0.2, 0.25) is 0 Å². The molecule has 138 valence electrons. The van der Waals surface area contributed by atoms with Crippen LogP contribution in [0.25, 0.3) is 0 Å². The molecule has 1 amide bonds. The van der Waals surface area contributed by atoms with Crippen LogP contribution in [-0.2, 0) is 9.53 Å². The number of nitrogens with zero attached hydrogens (tertiary/aromatic N) is 4. The highest BCUT2D eigenvalue weighted by Gasteiger charge is 2.31. The van der Waals surface area contributed by atoms with Gasteiger partial charge in [0.2, 0.25) is 11.9 Å². The Kier molecular flexibility index (Phi) is 6.58. The Labute approximate surface area is 149 Å². The van der Waals surface area contributed by atoms with Crippen LogP contribution in [0.5, 0.6) is 0 Å². The Balaban J connectivity index is 1.47. The fourth-order valence-corrected chi connectivity index (χ4v) is 3.86. The number of amides is 1. The van der Waals surface area contributed by atoms with Crippen LogP contribution in [0.3, 0.4) is 0 Å². The molecule has 0 aliphatic carbocycles. The Bertz CT molecular complexity index is 534. The highest BCUT2D eigenvalue weighted by Crippen LogP contribution is 2.25. The number of anilines is 1. The number of carbonyl (C=O) groups is 1. The number of piperidine rings is 2. The minimum Gasteiger partial charge on any atom is -0.383 e. The second kappa shape index (κ2) is 9.10. The van der Waals surface area contributed by atoms with Crippen LogP contribution in [-0.4, -0.2) is 73.3 Å². The summed E-state index contributed by atoms with van der Waals surface area (Å²) in [5.41, 5.74) is 0. The van der Waals surface area contributed by atoms with Crippen molar-refractivity contribution in [2.45, 2.75) is 31.7 Å². The summed E-state index contributed by atoms with van der Waals surface area (Å²) in [6.45, 7) is 5.12. The highest BCUT2D eigenvalue weighted by atomic mass is 16.5. The number of rotatable bonds is 6. The van der Waals surface area contributed by atoms with Gasteiger partial charge >= 0.3 is 0 Å². The molecule has 1 aromatic rings. The molecule has 0 aromatic carbocycles. The van der Waals surface area contributed by atoms with Gasteiger partial charge in [-0.25, -0.2) is 9.97 Å². The minimum atomic E-state index is 0.112. The van der Waals surface area contributed by atoms with Crippen molar-refractivity contribution in [2.75, 3.05) is 51.3 Å². The maximum absolute atomic E-state index is 12.3. The normalized spacial score (nSPS) is 22.8. The molecule has 25 heavy (non-hydrogen) atoms. The van der Waals surface area contributed by atoms with Crippen molar-refractivity contribution in [2.24, 2.45) is 5.92 Å². The van der Waals surface area contributed by atoms with E-state index in [0.29, 0.717) is 19.2 Å². The summed E-state index contributed by atoms with van der Waals surface area (Å²) in [6, 6.07) is 2.41. The van der Waals surface area contributed by atoms with Gasteiger partial charge in [-0.1, -0.05) is 0 Å². The molecule has 0 saturated carbocycles. The molecular formula is C18H29N5O2. The Morgan fingerprint density at radius 3 is 2.72 bits per heavy atom. The van der Waals surface area contributed by atoms with Gasteiger partial charge in [-0.3, -0.25) is 9.69 Å². The molecule has 0 bridgehead atoms. The summed E-state index contributed by atoms with van der Waals surface area (Å²) in [7, 11) is 1.65. The standard InChI is InChI=1S/C18H29N5O2/c1-25-13-9-19-17(24)15-4-2-10-23(14-15)16-5-11-22(12-6-16)18-20-7-3-8-21-18/h3,7-8,15-16H,2,4-6,9-14H2,1H3,(H,19,24)/t15-/m1/s1. The number of hydrogen-bond donors (Lipinski definition) is 1. The predicted molar refractivity (Wildman–Crippen MR) is 96.4 cm³/mol. The van der Waals surface area contributed by atoms with Gasteiger partial charge in [0, 0.05) is 51.7 Å². The first kappa shape index (κ1) is 18.1. The molecule has 7 nitrogen and oxygen atoms in total. The highest BCUT2D eigenvalue weighted by molar-refractivity contribution is 5.78. The van der Waals surface area contributed by atoms with Crippen molar-refractivity contribution in [1.82, 2.24) is 20.2 Å². The summed E-state index contributed by atoms with van der Waals surface area (Å²) >= 11 is 0. The van der Waals surface area contributed by atoms with Crippen molar-refractivity contribution in [3.63, 3.8) is 0 Å². The van der Waals surface area contributed by atoms with Crippen LogP contribution >= 0.6 is 0 Å². The topological polar surface area (TPSA) is 70.6 Å². The maximum Gasteiger partial charge on any atom is 0.225 e. The van der Waals surface area contributed by atoms with E-state index in [9.17, 15) is 4.79 Å². The lowest BCUT2D eigenvalue weighted by molar-refractivity contribution is -0.127. The molecule has 3 rings (SSSR count). The van der Waals surface area contributed by atoms with Gasteiger partial charge in [-0.05, 0) is 38.3 Å². The van der Waals surface area contributed by atoms with Gasteiger partial charge in [0.25, 0.3) is 0 Å². The second-order valence-corrected chi connectivity index (χ2v) is 6.88. The zero-order valence-electron chi connectivity index (χ0n) is 15.1. The number of methoxy groups -OCH3 is 1. The number of likely N-dealkylation sites (tertiary alicyclic amines) is 1. The van der Waals surface area contributed by atoms with Gasteiger partial charge in [0.05, 0.1) is 12.5 Å². The zero-order valence-corrected chi connectivity index (χ0v) is 15.1. The van der Waals surface area contributed by atoms with E-state index >= 15 is 0 Å². The van der Waals surface area contributed by atoms with E-state index in [-0.39, 0.29) is 11.8 Å². The van der Waals surface area contributed by atoms with Crippen molar-refractivity contribution >= 4 is 11.9 Å². The predicted octanol–water partition coefficient (Wildman–Crippen LogP) is 0.920. The lowest BCUT2D eigenvalue weighted by Crippen LogP contribution is -2.51. The van der Waals surface area contributed by atoms with E-state index in [1.807, 2.05) is 6.07 Å². The monoisotopic (exact) mass is 347 g/mol. The van der Waals surface area contributed by atoms with Gasteiger partial charge in [-0.15, -0.1) is 0 Å². The molecule has 2 saturated heterocycles. The molecule has 1 aromatic heterocycles. The van der Waals surface area contributed by atoms with E-state index < -0.39 is 0 Å². The van der Waals surface area contributed by atoms with Crippen molar-refractivity contribution in [1.29, 1.82) is 0 Å². The largest absolute Gasteiger partial charge is 0.383 e.